The van der Waals surface area contributed by atoms with Gasteiger partial charge in [0.15, 0.2) is 0 Å². The second kappa shape index (κ2) is 4.61. The first-order valence-corrected chi connectivity index (χ1v) is 5.38. The van der Waals surface area contributed by atoms with E-state index in [1.54, 1.807) is 0 Å². The first-order valence-electron chi connectivity index (χ1n) is 5.38. The molecule has 0 N–H and O–H groups in total. The van der Waals surface area contributed by atoms with Crippen molar-refractivity contribution in [2.24, 2.45) is 0 Å². The van der Waals surface area contributed by atoms with Crippen molar-refractivity contribution in [3.63, 3.8) is 0 Å². The van der Waals surface area contributed by atoms with Gasteiger partial charge < -0.3 is 9.80 Å². The summed E-state index contributed by atoms with van der Waals surface area (Å²) in [5, 5.41) is 8.59. The number of nitriles is 1. The molecule has 1 unspecified atom stereocenters. The third kappa shape index (κ3) is 1.99. The summed E-state index contributed by atoms with van der Waals surface area (Å²) in [7, 11) is 1.51. The van der Waals surface area contributed by atoms with Crippen molar-refractivity contribution in [3.05, 3.63) is 35.4 Å². The van der Waals surface area contributed by atoms with Gasteiger partial charge in [-0.3, -0.25) is 0 Å². The molecule has 0 radical (unpaired) electrons. The average Bonchev–Trinajstić information content (AvgIpc) is 2.61. The van der Waals surface area contributed by atoms with Crippen molar-refractivity contribution in [3.8, 4) is 6.07 Å². The number of benzene rings is 1. The molecule has 2 rings (SSSR count). The van der Waals surface area contributed by atoms with Crippen LogP contribution in [0, 0.1) is 23.0 Å². The van der Waals surface area contributed by atoms with Gasteiger partial charge in [-0.25, -0.2) is 13.6 Å². The highest BCUT2D eigenvalue weighted by Crippen LogP contribution is 2.29. The maximum atomic E-state index is 13.6. The number of likely N-dealkylation sites (N-methyl/N-ethyl adjacent to an activating group) is 1. The van der Waals surface area contributed by atoms with Gasteiger partial charge in [-0.2, -0.15) is 5.26 Å². The summed E-state index contributed by atoms with van der Waals surface area (Å²) in [6.07, 6.45) is 0. The fourth-order valence-electron chi connectivity index (χ4n) is 2.06. The number of hydrogen-bond donors (Lipinski definition) is 0. The fraction of sp³-hybridized carbons (Fsp3) is 0.333. The van der Waals surface area contributed by atoms with Crippen molar-refractivity contribution in [1.82, 2.24) is 9.80 Å². The molecule has 0 spiro atoms. The summed E-state index contributed by atoms with van der Waals surface area (Å²) < 4.78 is 26.8. The predicted molar refractivity (Wildman–Crippen MR) is 59.4 cm³/mol. The van der Waals surface area contributed by atoms with Crippen molar-refractivity contribution >= 4 is 6.03 Å². The lowest BCUT2D eigenvalue weighted by Crippen LogP contribution is -2.29. The zero-order valence-electron chi connectivity index (χ0n) is 9.73. The summed E-state index contributed by atoms with van der Waals surface area (Å²) in [4.78, 5) is 14.4. The zero-order valence-corrected chi connectivity index (χ0v) is 9.73. The Balaban J connectivity index is 2.32. The van der Waals surface area contributed by atoms with Gasteiger partial charge in [0.25, 0.3) is 0 Å². The Morgan fingerprint density at radius 2 is 2.22 bits per heavy atom. The van der Waals surface area contributed by atoms with Crippen LogP contribution in [0.15, 0.2) is 18.2 Å². The monoisotopic (exact) mass is 251 g/mol. The number of rotatable bonds is 2. The number of carbonyl (C=O) groups is 1. The van der Waals surface area contributed by atoms with E-state index in [0.29, 0.717) is 0 Å². The number of amides is 2. The van der Waals surface area contributed by atoms with Crippen molar-refractivity contribution in [2.75, 3.05) is 20.1 Å². The molecule has 18 heavy (non-hydrogen) atoms. The van der Waals surface area contributed by atoms with E-state index >= 15 is 0 Å². The van der Waals surface area contributed by atoms with E-state index in [1.165, 1.54) is 16.8 Å². The van der Waals surface area contributed by atoms with E-state index in [9.17, 15) is 13.6 Å². The standard InChI is InChI=1S/C12H11F2N3O/c1-16-11(7-17(5-4-15)12(16)18)9-6-8(13)2-3-10(9)14/h2-3,6,11H,5,7H2,1H3. The van der Waals surface area contributed by atoms with Gasteiger partial charge in [0.1, 0.15) is 18.2 Å². The molecule has 0 aliphatic carbocycles. The molecule has 0 saturated carbocycles. The lowest BCUT2D eigenvalue weighted by molar-refractivity contribution is 0.198. The van der Waals surface area contributed by atoms with E-state index in [-0.39, 0.29) is 24.7 Å². The van der Waals surface area contributed by atoms with Gasteiger partial charge in [0.2, 0.25) is 0 Å². The summed E-state index contributed by atoms with van der Waals surface area (Å²) in [6, 6.07) is 4.10. The third-order valence-corrected chi connectivity index (χ3v) is 3.01. The molecule has 1 aliphatic heterocycles. The number of urea groups is 1. The highest BCUT2D eigenvalue weighted by Gasteiger charge is 2.36. The normalized spacial score (nSPS) is 19.2. The molecular weight excluding hydrogens is 240 g/mol. The van der Waals surface area contributed by atoms with Crippen molar-refractivity contribution in [1.29, 1.82) is 5.26 Å². The Labute approximate surface area is 103 Å². The van der Waals surface area contributed by atoms with Crippen LogP contribution in [0.25, 0.3) is 0 Å². The van der Waals surface area contributed by atoms with Crippen LogP contribution in [-0.4, -0.2) is 36.0 Å². The van der Waals surface area contributed by atoms with Crippen LogP contribution >= 0.6 is 0 Å². The Morgan fingerprint density at radius 1 is 1.50 bits per heavy atom. The Morgan fingerprint density at radius 3 is 2.89 bits per heavy atom. The largest absolute Gasteiger partial charge is 0.321 e. The maximum Gasteiger partial charge on any atom is 0.321 e. The molecule has 1 aliphatic rings. The minimum atomic E-state index is -0.568. The average molecular weight is 251 g/mol. The molecule has 1 saturated heterocycles. The Bertz CT molecular complexity index is 527. The summed E-state index contributed by atoms with van der Waals surface area (Å²) in [6.45, 7) is 0.125. The molecule has 4 nitrogen and oxygen atoms in total. The van der Waals surface area contributed by atoms with Gasteiger partial charge >= 0.3 is 6.03 Å². The van der Waals surface area contributed by atoms with Gasteiger partial charge in [-0.05, 0) is 18.2 Å². The minimum Gasteiger partial charge on any atom is -0.319 e. The molecule has 0 bridgehead atoms. The smallest absolute Gasteiger partial charge is 0.319 e. The lowest BCUT2D eigenvalue weighted by Gasteiger charge is -2.18. The van der Waals surface area contributed by atoms with Crippen LogP contribution in [0.4, 0.5) is 13.6 Å². The molecule has 1 fully saturated rings. The first kappa shape index (κ1) is 12.3. The van der Waals surface area contributed by atoms with Crippen LogP contribution < -0.4 is 0 Å². The van der Waals surface area contributed by atoms with Crippen molar-refractivity contribution in [2.45, 2.75) is 6.04 Å². The number of hydrogen-bond acceptors (Lipinski definition) is 2. The van der Waals surface area contributed by atoms with Gasteiger partial charge in [-0.15, -0.1) is 0 Å². The van der Waals surface area contributed by atoms with E-state index in [1.807, 2.05) is 6.07 Å². The second-order valence-corrected chi connectivity index (χ2v) is 4.11. The number of halogens is 2. The van der Waals surface area contributed by atoms with E-state index in [0.717, 1.165) is 18.2 Å². The lowest BCUT2D eigenvalue weighted by atomic mass is 10.1. The zero-order chi connectivity index (χ0) is 13.3. The minimum absolute atomic E-state index is 0.0589. The highest BCUT2D eigenvalue weighted by atomic mass is 19.1. The van der Waals surface area contributed by atoms with E-state index in [4.69, 9.17) is 5.26 Å². The molecule has 1 atom stereocenters. The Hall–Kier alpha value is -2.16. The van der Waals surface area contributed by atoms with Crippen LogP contribution in [-0.2, 0) is 0 Å². The molecule has 2 amide bonds. The molecule has 1 heterocycles. The summed E-state index contributed by atoms with van der Waals surface area (Å²) in [5.74, 6) is -1.11. The predicted octanol–water partition coefficient (Wildman–Crippen LogP) is 1.90. The van der Waals surface area contributed by atoms with E-state index in [2.05, 4.69) is 0 Å². The first-order chi connectivity index (χ1) is 8.54. The summed E-state index contributed by atoms with van der Waals surface area (Å²) >= 11 is 0. The number of nitrogens with zero attached hydrogens (tertiary/aromatic N) is 3. The van der Waals surface area contributed by atoms with Crippen LogP contribution in [0.1, 0.15) is 11.6 Å². The summed E-state index contributed by atoms with van der Waals surface area (Å²) in [5.41, 5.74) is 0.131. The maximum absolute atomic E-state index is 13.6. The second-order valence-electron chi connectivity index (χ2n) is 4.11. The van der Waals surface area contributed by atoms with Gasteiger partial charge in [0, 0.05) is 19.2 Å². The molecule has 0 aromatic heterocycles. The van der Waals surface area contributed by atoms with Gasteiger partial charge in [0.05, 0.1) is 12.1 Å². The van der Waals surface area contributed by atoms with Gasteiger partial charge in [-0.1, -0.05) is 0 Å². The fourth-order valence-corrected chi connectivity index (χ4v) is 2.06. The van der Waals surface area contributed by atoms with Crippen molar-refractivity contribution < 1.29 is 13.6 Å². The molecule has 1 aromatic rings. The topological polar surface area (TPSA) is 47.3 Å². The van der Waals surface area contributed by atoms with E-state index < -0.39 is 17.7 Å². The Kier molecular flexibility index (Phi) is 3.15. The molecule has 94 valence electrons. The van der Waals surface area contributed by atoms with Crippen LogP contribution in [0.2, 0.25) is 0 Å². The number of carbonyl (C=O) groups excluding carboxylic acids is 1. The quantitative estimate of drug-likeness (QED) is 0.754. The molecule has 1 aromatic carbocycles. The third-order valence-electron chi connectivity index (χ3n) is 3.01. The molecule has 6 heteroatoms. The van der Waals surface area contributed by atoms with Crippen LogP contribution in [0.3, 0.4) is 0 Å². The van der Waals surface area contributed by atoms with Crippen LogP contribution in [0.5, 0.6) is 0 Å². The molecular formula is C12H11F2N3O. The SMILES string of the molecule is CN1C(=O)N(CC#N)CC1c1cc(F)ccc1F. The highest BCUT2D eigenvalue weighted by molar-refractivity contribution is 5.77.